The molecule has 0 spiro atoms. The Balaban J connectivity index is 1.86. The lowest BCUT2D eigenvalue weighted by molar-refractivity contribution is -0.127. The Morgan fingerprint density at radius 1 is 1.30 bits per heavy atom. The topological polar surface area (TPSA) is 15.3 Å². The van der Waals surface area contributed by atoms with Crippen LogP contribution in [0, 0.1) is 6.92 Å². The van der Waals surface area contributed by atoms with Gasteiger partial charge in [-0.05, 0) is 37.4 Å². The van der Waals surface area contributed by atoms with Crippen molar-refractivity contribution < 1.29 is 13.2 Å². The van der Waals surface area contributed by atoms with Crippen LogP contribution in [0.4, 0.5) is 13.2 Å². The number of piperidine rings is 1. The average molecular weight is 286 g/mol. The van der Waals surface area contributed by atoms with E-state index in [2.05, 4.69) is 29.3 Å². The van der Waals surface area contributed by atoms with Crippen LogP contribution in [0.25, 0.3) is 0 Å². The van der Waals surface area contributed by atoms with E-state index in [1.54, 1.807) is 0 Å². The molecule has 1 unspecified atom stereocenters. The maximum atomic E-state index is 12.2. The largest absolute Gasteiger partial charge is 0.401 e. The van der Waals surface area contributed by atoms with Gasteiger partial charge in [0.1, 0.15) is 0 Å². The average Bonchev–Trinajstić information content (AvgIpc) is 2.39. The van der Waals surface area contributed by atoms with Crippen LogP contribution in [0.2, 0.25) is 0 Å². The predicted octanol–water partition coefficient (Wildman–Crippen LogP) is 3.11. The minimum absolute atomic E-state index is 0.0607. The van der Waals surface area contributed by atoms with Crippen LogP contribution in [0.5, 0.6) is 0 Å². The Kier molecular flexibility index (Phi) is 5.05. The molecule has 0 saturated carbocycles. The lowest BCUT2D eigenvalue weighted by Crippen LogP contribution is -2.47. The van der Waals surface area contributed by atoms with Gasteiger partial charge in [-0.2, -0.15) is 13.2 Å². The third-order valence-corrected chi connectivity index (χ3v) is 3.75. The molecule has 1 aliphatic heterocycles. The number of hydrogen-bond acceptors (Lipinski definition) is 2. The van der Waals surface area contributed by atoms with E-state index in [0.29, 0.717) is 6.54 Å². The highest BCUT2D eigenvalue weighted by Gasteiger charge is 2.29. The maximum Gasteiger partial charge on any atom is 0.401 e. The Bertz CT molecular complexity index is 431. The van der Waals surface area contributed by atoms with Crippen LogP contribution in [-0.2, 0) is 6.54 Å². The molecule has 112 valence electrons. The molecule has 1 heterocycles. The molecule has 0 aliphatic carbocycles. The van der Waals surface area contributed by atoms with E-state index in [0.717, 1.165) is 25.9 Å². The first-order valence-corrected chi connectivity index (χ1v) is 7.01. The number of nitrogens with zero attached hydrogens (tertiary/aromatic N) is 1. The number of halogens is 3. The van der Waals surface area contributed by atoms with E-state index in [9.17, 15) is 13.2 Å². The van der Waals surface area contributed by atoms with Crippen molar-refractivity contribution in [3.05, 3.63) is 35.4 Å². The van der Waals surface area contributed by atoms with Crippen LogP contribution in [0.15, 0.2) is 24.3 Å². The molecule has 2 nitrogen and oxygen atoms in total. The summed E-state index contributed by atoms with van der Waals surface area (Å²) >= 11 is 0. The molecule has 1 aromatic rings. The molecule has 5 heteroatoms. The van der Waals surface area contributed by atoms with Crippen molar-refractivity contribution >= 4 is 0 Å². The van der Waals surface area contributed by atoms with E-state index in [4.69, 9.17) is 0 Å². The smallest absolute Gasteiger partial charge is 0.305 e. The molecule has 0 amide bonds. The Morgan fingerprint density at radius 3 is 2.75 bits per heavy atom. The predicted molar refractivity (Wildman–Crippen MR) is 73.5 cm³/mol. The summed E-state index contributed by atoms with van der Waals surface area (Å²) in [4.78, 5) is 2.24. The number of rotatable bonds is 4. The van der Waals surface area contributed by atoms with E-state index in [1.807, 2.05) is 12.1 Å². The number of alkyl halides is 3. The van der Waals surface area contributed by atoms with E-state index in [-0.39, 0.29) is 6.04 Å². The number of likely N-dealkylation sites (tertiary alicyclic amines) is 1. The SMILES string of the molecule is Cc1ccccc1CN1CCCC(NCC(F)(F)F)C1. The van der Waals surface area contributed by atoms with Crippen molar-refractivity contribution in [1.82, 2.24) is 10.2 Å². The summed E-state index contributed by atoms with van der Waals surface area (Å²) in [5, 5.41) is 2.63. The molecule has 20 heavy (non-hydrogen) atoms. The van der Waals surface area contributed by atoms with Crippen molar-refractivity contribution in [1.29, 1.82) is 0 Å². The van der Waals surface area contributed by atoms with Gasteiger partial charge < -0.3 is 5.32 Å². The van der Waals surface area contributed by atoms with Gasteiger partial charge in [0.05, 0.1) is 6.54 Å². The van der Waals surface area contributed by atoms with Crippen molar-refractivity contribution in [2.75, 3.05) is 19.6 Å². The second-order valence-corrected chi connectivity index (χ2v) is 5.50. The van der Waals surface area contributed by atoms with E-state index < -0.39 is 12.7 Å². The zero-order valence-corrected chi connectivity index (χ0v) is 11.7. The summed E-state index contributed by atoms with van der Waals surface area (Å²) in [6.45, 7) is 3.63. The number of benzene rings is 1. The first-order valence-electron chi connectivity index (χ1n) is 7.01. The molecule has 0 bridgehead atoms. The van der Waals surface area contributed by atoms with Gasteiger partial charge in [-0.3, -0.25) is 4.90 Å². The summed E-state index contributed by atoms with van der Waals surface area (Å²) < 4.78 is 36.7. The van der Waals surface area contributed by atoms with Crippen LogP contribution in [0.1, 0.15) is 24.0 Å². The molecular formula is C15H21F3N2. The number of nitrogens with one attached hydrogen (secondary N) is 1. The van der Waals surface area contributed by atoms with Gasteiger partial charge >= 0.3 is 6.18 Å². The Labute approximate surface area is 118 Å². The summed E-state index contributed by atoms with van der Waals surface area (Å²) in [5.41, 5.74) is 2.49. The number of hydrogen-bond donors (Lipinski definition) is 1. The molecular weight excluding hydrogens is 265 g/mol. The Hall–Kier alpha value is -1.07. The lowest BCUT2D eigenvalue weighted by atomic mass is 10.0. The van der Waals surface area contributed by atoms with Gasteiger partial charge in [0.15, 0.2) is 0 Å². The monoisotopic (exact) mass is 286 g/mol. The normalized spacial score (nSPS) is 21.1. The van der Waals surface area contributed by atoms with Gasteiger partial charge in [0.25, 0.3) is 0 Å². The van der Waals surface area contributed by atoms with Crippen molar-refractivity contribution in [3.63, 3.8) is 0 Å². The second-order valence-electron chi connectivity index (χ2n) is 5.50. The highest BCUT2D eigenvalue weighted by molar-refractivity contribution is 5.25. The van der Waals surface area contributed by atoms with Crippen molar-refractivity contribution in [2.45, 2.75) is 38.5 Å². The zero-order valence-electron chi connectivity index (χ0n) is 11.7. The molecule has 1 atom stereocenters. The van der Waals surface area contributed by atoms with Crippen LogP contribution < -0.4 is 5.32 Å². The zero-order chi connectivity index (χ0) is 14.6. The fourth-order valence-electron chi connectivity index (χ4n) is 2.65. The van der Waals surface area contributed by atoms with Crippen LogP contribution in [-0.4, -0.2) is 36.8 Å². The summed E-state index contributed by atoms with van der Waals surface area (Å²) in [6, 6.07) is 8.10. The van der Waals surface area contributed by atoms with Gasteiger partial charge in [-0.15, -0.1) is 0 Å². The molecule has 1 aromatic carbocycles. The molecule has 0 radical (unpaired) electrons. The number of aryl methyl sites for hydroxylation is 1. The minimum atomic E-state index is -4.13. The van der Waals surface area contributed by atoms with E-state index >= 15 is 0 Å². The lowest BCUT2D eigenvalue weighted by Gasteiger charge is -2.33. The van der Waals surface area contributed by atoms with Crippen LogP contribution >= 0.6 is 0 Å². The standard InChI is InChI=1S/C15H21F3N2/c1-12-5-2-3-6-13(12)9-20-8-4-7-14(10-20)19-11-15(16,17)18/h2-3,5-6,14,19H,4,7-11H2,1H3. The quantitative estimate of drug-likeness (QED) is 0.915. The highest BCUT2D eigenvalue weighted by atomic mass is 19.4. The van der Waals surface area contributed by atoms with Gasteiger partial charge in [-0.25, -0.2) is 0 Å². The summed E-state index contributed by atoms with van der Waals surface area (Å²) in [6.07, 6.45) is -2.36. The highest BCUT2D eigenvalue weighted by Crippen LogP contribution is 2.18. The van der Waals surface area contributed by atoms with E-state index in [1.165, 1.54) is 11.1 Å². The van der Waals surface area contributed by atoms with Crippen LogP contribution in [0.3, 0.4) is 0 Å². The van der Waals surface area contributed by atoms with Gasteiger partial charge in [0.2, 0.25) is 0 Å². The first kappa shape index (κ1) is 15.3. The third kappa shape index (κ3) is 4.80. The Morgan fingerprint density at radius 2 is 2.05 bits per heavy atom. The second kappa shape index (κ2) is 6.59. The molecule has 1 aliphatic rings. The molecule has 1 saturated heterocycles. The molecule has 1 fully saturated rings. The fourth-order valence-corrected chi connectivity index (χ4v) is 2.65. The molecule has 2 rings (SSSR count). The third-order valence-electron chi connectivity index (χ3n) is 3.75. The van der Waals surface area contributed by atoms with Crippen molar-refractivity contribution in [2.24, 2.45) is 0 Å². The summed E-state index contributed by atoms with van der Waals surface area (Å²) in [5.74, 6) is 0. The minimum Gasteiger partial charge on any atom is -0.305 e. The molecule has 0 aromatic heterocycles. The fraction of sp³-hybridized carbons (Fsp3) is 0.600. The molecule has 1 N–H and O–H groups in total. The van der Waals surface area contributed by atoms with Crippen molar-refractivity contribution in [3.8, 4) is 0 Å². The van der Waals surface area contributed by atoms with Gasteiger partial charge in [0, 0.05) is 19.1 Å². The maximum absolute atomic E-state index is 12.2. The first-order chi connectivity index (χ1) is 9.44. The summed E-state index contributed by atoms with van der Waals surface area (Å²) in [7, 11) is 0. The van der Waals surface area contributed by atoms with Gasteiger partial charge in [-0.1, -0.05) is 24.3 Å².